The average molecular weight is 201 g/mol. The third-order valence-corrected chi connectivity index (χ3v) is 1.92. The zero-order valence-electron chi connectivity index (χ0n) is 9.80. The molecule has 84 valence electrons. The Morgan fingerprint density at radius 1 is 1.36 bits per heavy atom. The maximum atomic E-state index is 11.5. The predicted molar refractivity (Wildman–Crippen MR) is 58.2 cm³/mol. The van der Waals surface area contributed by atoms with E-state index in [2.05, 4.69) is 26.1 Å². The highest BCUT2D eigenvalue weighted by Gasteiger charge is 2.19. The van der Waals surface area contributed by atoms with Crippen LogP contribution in [0.2, 0.25) is 0 Å². The van der Waals surface area contributed by atoms with Gasteiger partial charge in [-0.05, 0) is 32.2 Å². The molecule has 0 saturated heterocycles. The van der Waals surface area contributed by atoms with E-state index in [-0.39, 0.29) is 12.0 Å². The lowest BCUT2D eigenvalue weighted by molar-refractivity contribution is -0.146. The molecule has 3 heteroatoms. The fraction of sp³-hybridized carbons (Fsp3) is 0.909. The van der Waals surface area contributed by atoms with Crippen LogP contribution in [0.25, 0.3) is 0 Å². The monoisotopic (exact) mass is 201 g/mol. The smallest absolute Gasteiger partial charge is 0.323 e. The number of carbonyl (C=O) groups is 1. The third-order valence-electron chi connectivity index (χ3n) is 1.92. The maximum Gasteiger partial charge on any atom is 0.323 e. The summed E-state index contributed by atoms with van der Waals surface area (Å²) in [4.78, 5) is 11.5. The summed E-state index contributed by atoms with van der Waals surface area (Å²) in [6.45, 7) is 9.48. The van der Waals surface area contributed by atoms with Gasteiger partial charge in [0.2, 0.25) is 0 Å². The van der Waals surface area contributed by atoms with Gasteiger partial charge in [-0.1, -0.05) is 20.8 Å². The molecular weight excluding hydrogens is 178 g/mol. The lowest BCUT2D eigenvalue weighted by Crippen LogP contribution is -2.39. The Kier molecular flexibility index (Phi) is 7.48. The SMILES string of the molecule is CCCN[C@@H](CC(C)C)C(=O)OCC. The topological polar surface area (TPSA) is 38.3 Å². The largest absolute Gasteiger partial charge is 0.465 e. The maximum absolute atomic E-state index is 11.5. The number of rotatable bonds is 7. The van der Waals surface area contributed by atoms with Gasteiger partial charge in [-0.15, -0.1) is 0 Å². The van der Waals surface area contributed by atoms with Gasteiger partial charge in [-0.3, -0.25) is 4.79 Å². The normalized spacial score (nSPS) is 12.9. The Hall–Kier alpha value is -0.570. The molecule has 0 aromatic heterocycles. The zero-order valence-corrected chi connectivity index (χ0v) is 9.80. The van der Waals surface area contributed by atoms with Crippen molar-refractivity contribution >= 4 is 5.97 Å². The van der Waals surface area contributed by atoms with Crippen molar-refractivity contribution in [1.29, 1.82) is 0 Å². The minimum Gasteiger partial charge on any atom is -0.465 e. The van der Waals surface area contributed by atoms with Gasteiger partial charge in [-0.25, -0.2) is 0 Å². The highest BCUT2D eigenvalue weighted by molar-refractivity contribution is 5.75. The summed E-state index contributed by atoms with van der Waals surface area (Å²) >= 11 is 0. The Bertz CT molecular complexity index is 157. The molecule has 3 nitrogen and oxygen atoms in total. The van der Waals surface area contributed by atoms with E-state index in [1.807, 2.05) is 6.92 Å². The number of hydrogen-bond acceptors (Lipinski definition) is 3. The summed E-state index contributed by atoms with van der Waals surface area (Å²) in [6, 6.07) is -0.130. The van der Waals surface area contributed by atoms with Crippen molar-refractivity contribution < 1.29 is 9.53 Å². The fourth-order valence-electron chi connectivity index (χ4n) is 1.30. The quantitative estimate of drug-likeness (QED) is 0.640. The molecule has 0 unspecified atom stereocenters. The first-order valence-corrected chi connectivity index (χ1v) is 5.51. The highest BCUT2D eigenvalue weighted by Crippen LogP contribution is 2.06. The Balaban J connectivity index is 4.01. The van der Waals surface area contributed by atoms with Crippen molar-refractivity contribution in [2.24, 2.45) is 5.92 Å². The first-order chi connectivity index (χ1) is 6.61. The van der Waals surface area contributed by atoms with Crippen LogP contribution in [0.4, 0.5) is 0 Å². The molecule has 0 aliphatic heterocycles. The van der Waals surface area contributed by atoms with Crippen molar-refractivity contribution in [3.8, 4) is 0 Å². The van der Waals surface area contributed by atoms with E-state index >= 15 is 0 Å². The second kappa shape index (κ2) is 7.80. The Morgan fingerprint density at radius 2 is 2.00 bits per heavy atom. The van der Waals surface area contributed by atoms with Crippen LogP contribution in [0.15, 0.2) is 0 Å². The molecule has 0 saturated carbocycles. The summed E-state index contributed by atoms with van der Waals surface area (Å²) in [7, 11) is 0. The van der Waals surface area contributed by atoms with Gasteiger partial charge in [0.1, 0.15) is 6.04 Å². The molecule has 0 aliphatic rings. The molecule has 0 aliphatic carbocycles. The summed E-state index contributed by atoms with van der Waals surface area (Å²) < 4.78 is 5.00. The molecule has 0 amide bonds. The molecule has 14 heavy (non-hydrogen) atoms. The summed E-state index contributed by atoms with van der Waals surface area (Å²) in [5, 5.41) is 3.21. The second-order valence-corrected chi connectivity index (χ2v) is 3.89. The standard InChI is InChI=1S/C11H23NO2/c1-5-7-12-10(8-9(3)4)11(13)14-6-2/h9-10,12H,5-8H2,1-4H3/t10-/m0/s1. The molecule has 1 atom stereocenters. The van der Waals surface area contributed by atoms with E-state index in [0.29, 0.717) is 12.5 Å². The highest BCUT2D eigenvalue weighted by atomic mass is 16.5. The van der Waals surface area contributed by atoms with Crippen molar-refractivity contribution in [3.63, 3.8) is 0 Å². The van der Waals surface area contributed by atoms with Crippen LogP contribution in [0, 0.1) is 5.92 Å². The minimum atomic E-state index is -0.130. The van der Waals surface area contributed by atoms with Crippen LogP contribution in [0.5, 0.6) is 0 Å². The van der Waals surface area contributed by atoms with E-state index < -0.39 is 0 Å². The number of nitrogens with one attached hydrogen (secondary N) is 1. The molecule has 0 fully saturated rings. The molecule has 0 rings (SSSR count). The van der Waals surface area contributed by atoms with Crippen LogP contribution in [0.3, 0.4) is 0 Å². The molecule has 0 aromatic carbocycles. The Labute approximate surface area is 87.2 Å². The van der Waals surface area contributed by atoms with Gasteiger partial charge in [0, 0.05) is 0 Å². The minimum absolute atomic E-state index is 0.116. The van der Waals surface area contributed by atoms with E-state index in [4.69, 9.17) is 4.74 Å². The van der Waals surface area contributed by atoms with Crippen molar-refractivity contribution in [3.05, 3.63) is 0 Å². The van der Waals surface area contributed by atoms with Crippen molar-refractivity contribution in [2.75, 3.05) is 13.2 Å². The second-order valence-electron chi connectivity index (χ2n) is 3.89. The van der Waals surface area contributed by atoms with E-state index in [1.54, 1.807) is 0 Å². The first kappa shape index (κ1) is 13.4. The van der Waals surface area contributed by atoms with Crippen LogP contribution in [-0.4, -0.2) is 25.2 Å². The summed E-state index contributed by atoms with van der Waals surface area (Å²) in [5.41, 5.74) is 0. The summed E-state index contributed by atoms with van der Waals surface area (Å²) in [5.74, 6) is 0.392. The van der Waals surface area contributed by atoms with Crippen LogP contribution in [0.1, 0.15) is 40.5 Å². The van der Waals surface area contributed by atoms with Crippen LogP contribution >= 0.6 is 0 Å². The predicted octanol–water partition coefficient (Wildman–Crippen LogP) is 1.96. The molecule has 0 bridgehead atoms. The lowest BCUT2D eigenvalue weighted by atomic mass is 10.0. The van der Waals surface area contributed by atoms with Gasteiger partial charge in [0.15, 0.2) is 0 Å². The van der Waals surface area contributed by atoms with Crippen LogP contribution < -0.4 is 5.32 Å². The van der Waals surface area contributed by atoms with Gasteiger partial charge in [0.25, 0.3) is 0 Å². The molecule has 0 spiro atoms. The zero-order chi connectivity index (χ0) is 11.0. The number of ether oxygens (including phenoxy) is 1. The van der Waals surface area contributed by atoms with E-state index in [9.17, 15) is 4.79 Å². The van der Waals surface area contributed by atoms with Gasteiger partial charge >= 0.3 is 5.97 Å². The fourth-order valence-corrected chi connectivity index (χ4v) is 1.30. The van der Waals surface area contributed by atoms with Gasteiger partial charge < -0.3 is 10.1 Å². The molecule has 0 aromatic rings. The number of hydrogen-bond donors (Lipinski definition) is 1. The van der Waals surface area contributed by atoms with Gasteiger partial charge in [-0.2, -0.15) is 0 Å². The van der Waals surface area contributed by atoms with Crippen LogP contribution in [-0.2, 0) is 9.53 Å². The lowest BCUT2D eigenvalue weighted by Gasteiger charge is -2.18. The molecule has 1 N–H and O–H groups in total. The Morgan fingerprint density at radius 3 is 2.43 bits per heavy atom. The summed E-state index contributed by atoms with van der Waals surface area (Å²) in [6.07, 6.45) is 1.88. The number of esters is 1. The van der Waals surface area contributed by atoms with E-state index in [1.165, 1.54) is 0 Å². The molecule has 0 heterocycles. The average Bonchev–Trinajstić information content (AvgIpc) is 2.12. The molecule has 0 radical (unpaired) electrons. The number of carbonyl (C=O) groups excluding carboxylic acids is 1. The molecular formula is C11H23NO2. The van der Waals surface area contributed by atoms with Gasteiger partial charge in [0.05, 0.1) is 6.61 Å². The van der Waals surface area contributed by atoms with Crippen molar-refractivity contribution in [1.82, 2.24) is 5.32 Å². The van der Waals surface area contributed by atoms with Crippen molar-refractivity contribution in [2.45, 2.75) is 46.6 Å². The first-order valence-electron chi connectivity index (χ1n) is 5.51. The third kappa shape index (κ3) is 5.97. The van der Waals surface area contributed by atoms with E-state index in [0.717, 1.165) is 19.4 Å².